The first kappa shape index (κ1) is 11.1. The molecule has 0 amide bonds. The van der Waals surface area contributed by atoms with Crippen molar-refractivity contribution in [3.8, 4) is 0 Å². The van der Waals surface area contributed by atoms with Gasteiger partial charge < -0.3 is 16.0 Å². The molecule has 3 N–H and O–H groups in total. The van der Waals surface area contributed by atoms with Crippen LogP contribution in [-0.4, -0.2) is 37.2 Å². The lowest BCUT2D eigenvalue weighted by molar-refractivity contribution is 0.895. The molecular formula is C11H19N5. The minimum atomic E-state index is 0.621. The molecule has 1 aliphatic rings. The number of aromatic nitrogens is 2. The molecule has 0 radical (unpaired) electrons. The fourth-order valence-electron chi connectivity index (χ4n) is 1.96. The van der Waals surface area contributed by atoms with Crippen molar-refractivity contribution in [2.24, 2.45) is 5.73 Å². The molecule has 0 saturated heterocycles. The summed E-state index contributed by atoms with van der Waals surface area (Å²) in [7, 11) is 3.92. The predicted octanol–water partition coefficient (Wildman–Crippen LogP) is 0.402. The van der Waals surface area contributed by atoms with E-state index in [-0.39, 0.29) is 0 Å². The van der Waals surface area contributed by atoms with Gasteiger partial charge in [0.05, 0.1) is 5.69 Å². The van der Waals surface area contributed by atoms with E-state index in [2.05, 4.69) is 15.3 Å². The summed E-state index contributed by atoms with van der Waals surface area (Å²) in [5.41, 5.74) is 7.97. The average molecular weight is 221 g/mol. The summed E-state index contributed by atoms with van der Waals surface area (Å²) in [6, 6.07) is 0. The number of aryl methyl sites for hydroxylation is 1. The van der Waals surface area contributed by atoms with Crippen LogP contribution in [0.5, 0.6) is 0 Å². The molecule has 1 aromatic heterocycles. The zero-order valence-electron chi connectivity index (χ0n) is 9.95. The van der Waals surface area contributed by atoms with Gasteiger partial charge >= 0.3 is 0 Å². The van der Waals surface area contributed by atoms with Gasteiger partial charge in [0.15, 0.2) is 0 Å². The molecule has 0 saturated carbocycles. The van der Waals surface area contributed by atoms with E-state index in [1.807, 2.05) is 19.0 Å². The second-order valence-corrected chi connectivity index (χ2v) is 4.26. The maximum Gasteiger partial charge on any atom is 0.227 e. The molecule has 0 unspecified atom stereocenters. The molecule has 5 heteroatoms. The smallest absolute Gasteiger partial charge is 0.227 e. The average Bonchev–Trinajstić information content (AvgIpc) is 2.73. The lowest BCUT2D eigenvalue weighted by Gasteiger charge is -2.15. The van der Waals surface area contributed by atoms with Crippen LogP contribution in [0.3, 0.4) is 0 Å². The van der Waals surface area contributed by atoms with Crippen molar-refractivity contribution in [2.75, 3.05) is 37.4 Å². The molecule has 16 heavy (non-hydrogen) atoms. The summed E-state index contributed by atoms with van der Waals surface area (Å²) >= 11 is 0. The lowest BCUT2D eigenvalue weighted by Crippen LogP contribution is -2.19. The van der Waals surface area contributed by atoms with Gasteiger partial charge in [0.25, 0.3) is 0 Å². The molecule has 0 fully saturated rings. The Morgan fingerprint density at radius 3 is 2.81 bits per heavy atom. The number of hydrogen-bond acceptors (Lipinski definition) is 5. The van der Waals surface area contributed by atoms with Crippen LogP contribution >= 0.6 is 0 Å². The van der Waals surface area contributed by atoms with E-state index in [1.54, 1.807) is 0 Å². The Morgan fingerprint density at radius 2 is 2.12 bits per heavy atom. The third-order valence-corrected chi connectivity index (χ3v) is 2.76. The van der Waals surface area contributed by atoms with E-state index in [0.29, 0.717) is 6.54 Å². The summed E-state index contributed by atoms with van der Waals surface area (Å²) in [5.74, 6) is 1.75. The second kappa shape index (κ2) is 4.65. The molecule has 1 aliphatic carbocycles. The fraction of sp³-hybridized carbons (Fsp3) is 0.636. The second-order valence-electron chi connectivity index (χ2n) is 4.26. The van der Waals surface area contributed by atoms with E-state index in [0.717, 1.165) is 31.2 Å². The molecule has 0 aromatic carbocycles. The minimum Gasteiger partial charge on any atom is -0.368 e. The third-order valence-electron chi connectivity index (χ3n) is 2.76. The normalized spacial score (nSPS) is 13.7. The predicted molar refractivity (Wildman–Crippen MR) is 65.9 cm³/mol. The van der Waals surface area contributed by atoms with Gasteiger partial charge in [-0.3, -0.25) is 0 Å². The molecule has 2 rings (SSSR count). The van der Waals surface area contributed by atoms with Crippen LogP contribution in [0.1, 0.15) is 17.7 Å². The molecule has 1 heterocycles. The van der Waals surface area contributed by atoms with E-state index in [1.165, 1.54) is 17.7 Å². The SMILES string of the molecule is CN(C)c1nc2c(c(NCCN)n1)CCC2. The van der Waals surface area contributed by atoms with Gasteiger partial charge in [-0.1, -0.05) is 0 Å². The summed E-state index contributed by atoms with van der Waals surface area (Å²) in [6.45, 7) is 1.38. The van der Waals surface area contributed by atoms with Gasteiger partial charge in [0.2, 0.25) is 5.95 Å². The Morgan fingerprint density at radius 1 is 1.31 bits per heavy atom. The molecule has 5 nitrogen and oxygen atoms in total. The first-order chi connectivity index (χ1) is 7.72. The number of nitrogens with one attached hydrogen (secondary N) is 1. The van der Waals surface area contributed by atoms with Gasteiger partial charge in [-0.2, -0.15) is 4.98 Å². The maximum absolute atomic E-state index is 5.50. The monoisotopic (exact) mass is 221 g/mol. The van der Waals surface area contributed by atoms with Crippen molar-refractivity contribution >= 4 is 11.8 Å². The van der Waals surface area contributed by atoms with Gasteiger partial charge in [0.1, 0.15) is 5.82 Å². The Bertz CT molecular complexity index is 375. The van der Waals surface area contributed by atoms with Crippen molar-refractivity contribution in [3.05, 3.63) is 11.3 Å². The van der Waals surface area contributed by atoms with Crippen molar-refractivity contribution < 1.29 is 0 Å². The largest absolute Gasteiger partial charge is 0.368 e. The topological polar surface area (TPSA) is 67.1 Å². The Hall–Kier alpha value is -1.36. The number of nitrogens with two attached hydrogens (primary N) is 1. The zero-order chi connectivity index (χ0) is 11.5. The summed E-state index contributed by atoms with van der Waals surface area (Å²) in [5, 5.41) is 3.29. The van der Waals surface area contributed by atoms with Crippen molar-refractivity contribution in [1.82, 2.24) is 9.97 Å². The first-order valence-electron chi connectivity index (χ1n) is 5.73. The first-order valence-corrected chi connectivity index (χ1v) is 5.73. The number of rotatable bonds is 4. The van der Waals surface area contributed by atoms with Crippen LogP contribution in [0, 0.1) is 0 Å². The zero-order valence-corrected chi connectivity index (χ0v) is 9.95. The van der Waals surface area contributed by atoms with E-state index >= 15 is 0 Å². The van der Waals surface area contributed by atoms with Crippen molar-refractivity contribution in [3.63, 3.8) is 0 Å². The molecular weight excluding hydrogens is 202 g/mol. The van der Waals surface area contributed by atoms with Gasteiger partial charge in [0, 0.05) is 32.7 Å². The van der Waals surface area contributed by atoms with Crippen LogP contribution in [-0.2, 0) is 12.8 Å². The lowest BCUT2D eigenvalue weighted by atomic mass is 10.2. The van der Waals surface area contributed by atoms with Crippen LogP contribution in [0.4, 0.5) is 11.8 Å². The van der Waals surface area contributed by atoms with Crippen LogP contribution in [0.2, 0.25) is 0 Å². The molecule has 0 aliphatic heterocycles. The maximum atomic E-state index is 5.50. The van der Waals surface area contributed by atoms with E-state index < -0.39 is 0 Å². The van der Waals surface area contributed by atoms with Crippen LogP contribution < -0.4 is 16.0 Å². The molecule has 0 atom stereocenters. The number of anilines is 2. The molecule has 0 bridgehead atoms. The number of nitrogens with zero attached hydrogens (tertiary/aromatic N) is 3. The van der Waals surface area contributed by atoms with Gasteiger partial charge in [-0.05, 0) is 19.3 Å². The fourth-order valence-corrected chi connectivity index (χ4v) is 1.96. The summed E-state index contributed by atoms with van der Waals surface area (Å²) in [4.78, 5) is 11.0. The highest BCUT2D eigenvalue weighted by Gasteiger charge is 2.19. The highest BCUT2D eigenvalue weighted by atomic mass is 15.2. The third kappa shape index (κ3) is 2.09. The molecule has 0 spiro atoms. The summed E-state index contributed by atoms with van der Waals surface area (Å²) in [6.07, 6.45) is 3.32. The molecule has 88 valence electrons. The summed E-state index contributed by atoms with van der Waals surface area (Å²) < 4.78 is 0. The Kier molecular flexibility index (Phi) is 3.24. The standard InChI is InChI=1S/C11H19N5/c1-16(2)11-14-9-5-3-4-8(9)10(15-11)13-7-6-12/h3-7,12H2,1-2H3,(H,13,14,15). The van der Waals surface area contributed by atoms with Crippen LogP contribution in [0.25, 0.3) is 0 Å². The van der Waals surface area contributed by atoms with Gasteiger partial charge in [-0.25, -0.2) is 4.98 Å². The minimum absolute atomic E-state index is 0.621. The van der Waals surface area contributed by atoms with Crippen molar-refractivity contribution in [1.29, 1.82) is 0 Å². The Labute approximate surface area is 96.1 Å². The quantitative estimate of drug-likeness (QED) is 0.770. The van der Waals surface area contributed by atoms with Crippen LogP contribution in [0.15, 0.2) is 0 Å². The Balaban J connectivity index is 2.33. The van der Waals surface area contributed by atoms with E-state index in [4.69, 9.17) is 5.73 Å². The van der Waals surface area contributed by atoms with Gasteiger partial charge in [-0.15, -0.1) is 0 Å². The number of hydrogen-bond donors (Lipinski definition) is 2. The highest BCUT2D eigenvalue weighted by Crippen LogP contribution is 2.27. The van der Waals surface area contributed by atoms with Crippen molar-refractivity contribution in [2.45, 2.75) is 19.3 Å². The molecule has 1 aromatic rings. The highest BCUT2D eigenvalue weighted by molar-refractivity contribution is 5.52. The van der Waals surface area contributed by atoms with E-state index in [9.17, 15) is 0 Å². The number of fused-ring (bicyclic) bond motifs is 1.